The summed E-state index contributed by atoms with van der Waals surface area (Å²) >= 11 is 0. The fourth-order valence-electron chi connectivity index (χ4n) is 3.12. The monoisotopic (exact) mass is 241 g/mol. The van der Waals surface area contributed by atoms with Gasteiger partial charge in [0, 0.05) is 0 Å². The van der Waals surface area contributed by atoms with Crippen LogP contribution in [-0.4, -0.2) is 0 Å². The Balaban J connectivity index is 1.99. The van der Waals surface area contributed by atoms with E-state index in [1.807, 2.05) is 12.1 Å². The molecule has 0 radical (unpaired) electrons. The molecule has 18 heavy (non-hydrogen) atoms. The summed E-state index contributed by atoms with van der Waals surface area (Å²) in [7, 11) is 0. The molecule has 0 atom stereocenters. The average Bonchev–Trinajstić information content (AvgIpc) is 2.38. The van der Waals surface area contributed by atoms with E-state index in [4.69, 9.17) is 5.26 Å². The first kappa shape index (κ1) is 13.1. The van der Waals surface area contributed by atoms with Gasteiger partial charge in [-0.05, 0) is 60.6 Å². The Hall–Kier alpha value is -1.29. The van der Waals surface area contributed by atoms with E-state index in [0.29, 0.717) is 11.3 Å². The SMILES string of the molecule is CC(C)(C)C1CCC(c2ccc(C#N)cc2)CC1. The molecule has 0 aliphatic heterocycles. The normalized spacial score (nSPS) is 24.6. The second-order valence-electron chi connectivity index (χ2n) is 6.65. The molecule has 1 fully saturated rings. The molecule has 0 bridgehead atoms. The minimum Gasteiger partial charge on any atom is -0.192 e. The van der Waals surface area contributed by atoms with E-state index in [0.717, 1.165) is 11.5 Å². The maximum atomic E-state index is 8.81. The maximum Gasteiger partial charge on any atom is 0.0991 e. The van der Waals surface area contributed by atoms with Crippen LogP contribution in [0.3, 0.4) is 0 Å². The van der Waals surface area contributed by atoms with Gasteiger partial charge >= 0.3 is 0 Å². The van der Waals surface area contributed by atoms with Gasteiger partial charge in [-0.2, -0.15) is 5.26 Å². The molecule has 1 heteroatoms. The van der Waals surface area contributed by atoms with Gasteiger partial charge in [0.2, 0.25) is 0 Å². The van der Waals surface area contributed by atoms with Crippen molar-refractivity contribution in [3.05, 3.63) is 35.4 Å². The molecule has 2 rings (SSSR count). The Kier molecular flexibility index (Phi) is 3.76. The minimum absolute atomic E-state index is 0.454. The standard InChI is InChI=1S/C17H23N/c1-17(2,3)16-10-8-15(9-11-16)14-6-4-13(12-18)5-7-14/h4-7,15-16H,8-11H2,1-3H3. The third-order valence-corrected chi connectivity index (χ3v) is 4.46. The molecular formula is C17H23N. The largest absolute Gasteiger partial charge is 0.192 e. The Bertz CT molecular complexity index is 422. The lowest BCUT2D eigenvalue weighted by Crippen LogP contribution is -2.25. The van der Waals surface area contributed by atoms with Crippen LogP contribution in [0, 0.1) is 22.7 Å². The van der Waals surface area contributed by atoms with Gasteiger partial charge in [0.05, 0.1) is 11.6 Å². The van der Waals surface area contributed by atoms with Gasteiger partial charge in [0.15, 0.2) is 0 Å². The lowest BCUT2D eigenvalue weighted by molar-refractivity contribution is 0.169. The molecule has 1 aromatic carbocycles. The van der Waals surface area contributed by atoms with Crippen LogP contribution in [0.4, 0.5) is 0 Å². The van der Waals surface area contributed by atoms with Gasteiger partial charge in [-0.15, -0.1) is 0 Å². The first-order valence-electron chi connectivity index (χ1n) is 7.01. The van der Waals surface area contributed by atoms with E-state index in [2.05, 4.69) is 39.0 Å². The smallest absolute Gasteiger partial charge is 0.0991 e. The highest BCUT2D eigenvalue weighted by atomic mass is 14.3. The Morgan fingerprint density at radius 1 is 1.00 bits per heavy atom. The molecule has 0 amide bonds. The predicted molar refractivity (Wildman–Crippen MR) is 75.3 cm³/mol. The summed E-state index contributed by atoms with van der Waals surface area (Å²) in [4.78, 5) is 0. The first-order chi connectivity index (χ1) is 8.50. The van der Waals surface area contributed by atoms with Gasteiger partial charge in [-0.3, -0.25) is 0 Å². The van der Waals surface area contributed by atoms with Crippen LogP contribution in [0.25, 0.3) is 0 Å². The fraction of sp³-hybridized carbons (Fsp3) is 0.588. The van der Waals surface area contributed by atoms with Crippen LogP contribution >= 0.6 is 0 Å². The highest BCUT2D eigenvalue weighted by molar-refractivity contribution is 5.33. The van der Waals surface area contributed by atoms with Gasteiger partial charge in [0.25, 0.3) is 0 Å². The Morgan fingerprint density at radius 2 is 1.56 bits per heavy atom. The van der Waals surface area contributed by atoms with Crippen molar-refractivity contribution in [2.45, 2.75) is 52.4 Å². The molecule has 0 heterocycles. The molecule has 1 nitrogen and oxygen atoms in total. The molecule has 0 saturated heterocycles. The molecule has 1 aromatic rings. The number of hydrogen-bond acceptors (Lipinski definition) is 1. The van der Waals surface area contributed by atoms with Gasteiger partial charge in [0.1, 0.15) is 0 Å². The molecule has 0 unspecified atom stereocenters. The predicted octanol–water partition coefficient (Wildman–Crippen LogP) is 4.88. The minimum atomic E-state index is 0.454. The van der Waals surface area contributed by atoms with Crippen LogP contribution in [-0.2, 0) is 0 Å². The number of benzene rings is 1. The Morgan fingerprint density at radius 3 is 2.00 bits per heavy atom. The molecular weight excluding hydrogens is 218 g/mol. The third kappa shape index (κ3) is 2.93. The molecule has 1 aliphatic rings. The Labute approximate surface area is 111 Å². The van der Waals surface area contributed by atoms with Crippen molar-refractivity contribution in [1.82, 2.24) is 0 Å². The van der Waals surface area contributed by atoms with Crippen molar-refractivity contribution in [1.29, 1.82) is 5.26 Å². The van der Waals surface area contributed by atoms with Crippen LogP contribution < -0.4 is 0 Å². The zero-order valence-corrected chi connectivity index (χ0v) is 11.7. The van der Waals surface area contributed by atoms with E-state index in [1.54, 1.807) is 0 Å². The zero-order valence-electron chi connectivity index (χ0n) is 11.7. The summed E-state index contributed by atoms with van der Waals surface area (Å²) in [5.74, 6) is 1.57. The van der Waals surface area contributed by atoms with Crippen molar-refractivity contribution in [3.8, 4) is 6.07 Å². The quantitative estimate of drug-likeness (QED) is 0.687. The first-order valence-corrected chi connectivity index (χ1v) is 7.01. The topological polar surface area (TPSA) is 23.8 Å². The third-order valence-electron chi connectivity index (χ3n) is 4.46. The zero-order chi connectivity index (χ0) is 13.2. The van der Waals surface area contributed by atoms with Crippen LogP contribution in [0.2, 0.25) is 0 Å². The molecule has 0 N–H and O–H groups in total. The molecule has 96 valence electrons. The molecule has 0 aromatic heterocycles. The van der Waals surface area contributed by atoms with E-state index in [1.165, 1.54) is 31.2 Å². The second kappa shape index (κ2) is 5.14. The average molecular weight is 241 g/mol. The van der Waals surface area contributed by atoms with Crippen molar-refractivity contribution < 1.29 is 0 Å². The van der Waals surface area contributed by atoms with Gasteiger partial charge in [-0.25, -0.2) is 0 Å². The number of rotatable bonds is 1. The fourth-order valence-corrected chi connectivity index (χ4v) is 3.12. The van der Waals surface area contributed by atoms with E-state index in [9.17, 15) is 0 Å². The summed E-state index contributed by atoms with van der Waals surface area (Å²) in [6.45, 7) is 7.08. The van der Waals surface area contributed by atoms with Crippen LogP contribution in [0.15, 0.2) is 24.3 Å². The lowest BCUT2D eigenvalue weighted by Gasteiger charge is -2.37. The van der Waals surface area contributed by atoms with Crippen molar-refractivity contribution in [2.24, 2.45) is 11.3 Å². The van der Waals surface area contributed by atoms with Gasteiger partial charge < -0.3 is 0 Å². The highest BCUT2D eigenvalue weighted by Gasteiger charge is 2.29. The maximum absolute atomic E-state index is 8.81. The number of nitriles is 1. The van der Waals surface area contributed by atoms with E-state index < -0.39 is 0 Å². The second-order valence-corrected chi connectivity index (χ2v) is 6.65. The van der Waals surface area contributed by atoms with Gasteiger partial charge in [-0.1, -0.05) is 32.9 Å². The summed E-state index contributed by atoms with van der Waals surface area (Å²) in [5, 5.41) is 8.81. The van der Waals surface area contributed by atoms with Crippen LogP contribution in [0.1, 0.15) is 63.5 Å². The summed E-state index contributed by atoms with van der Waals surface area (Å²) in [6.07, 6.45) is 5.28. The van der Waals surface area contributed by atoms with Crippen molar-refractivity contribution in [2.75, 3.05) is 0 Å². The highest BCUT2D eigenvalue weighted by Crippen LogP contribution is 2.43. The van der Waals surface area contributed by atoms with Crippen molar-refractivity contribution >= 4 is 0 Å². The van der Waals surface area contributed by atoms with E-state index in [-0.39, 0.29) is 0 Å². The summed E-state index contributed by atoms with van der Waals surface area (Å²) in [5.41, 5.74) is 2.64. The molecule has 1 aliphatic carbocycles. The molecule has 1 saturated carbocycles. The summed E-state index contributed by atoms with van der Waals surface area (Å²) < 4.78 is 0. The number of hydrogen-bond donors (Lipinski definition) is 0. The molecule has 0 spiro atoms. The van der Waals surface area contributed by atoms with Crippen LogP contribution in [0.5, 0.6) is 0 Å². The number of nitrogens with zero attached hydrogens (tertiary/aromatic N) is 1. The van der Waals surface area contributed by atoms with Crippen molar-refractivity contribution in [3.63, 3.8) is 0 Å². The summed E-state index contributed by atoms with van der Waals surface area (Å²) in [6, 6.07) is 10.4. The lowest BCUT2D eigenvalue weighted by atomic mass is 9.69. The van der Waals surface area contributed by atoms with E-state index >= 15 is 0 Å².